The molecule has 0 saturated heterocycles. The van der Waals surface area contributed by atoms with Crippen molar-refractivity contribution in [2.45, 2.75) is 6.92 Å². The maximum absolute atomic E-state index is 12.5. The fourth-order valence-electron chi connectivity index (χ4n) is 2.49. The van der Waals surface area contributed by atoms with Gasteiger partial charge in [-0.05, 0) is 41.1 Å². The van der Waals surface area contributed by atoms with Gasteiger partial charge in [-0.2, -0.15) is 0 Å². The molecule has 3 aromatic rings. The van der Waals surface area contributed by atoms with E-state index in [2.05, 4.69) is 31.8 Å². The molecule has 0 saturated carbocycles. The van der Waals surface area contributed by atoms with Crippen LogP contribution in [0.25, 0.3) is 10.9 Å². The number of benzene rings is 1. The van der Waals surface area contributed by atoms with Crippen LogP contribution in [0.2, 0.25) is 0 Å². The van der Waals surface area contributed by atoms with Crippen molar-refractivity contribution in [2.75, 3.05) is 0 Å². The van der Waals surface area contributed by atoms with Crippen LogP contribution in [0.1, 0.15) is 26.5 Å². The molecule has 122 valence electrons. The molecule has 0 spiro atoms. The second-order valence-corrected chi connectivity index (χ2v) is 6.31. The zero-order valence-electron chi connectivity index (χ0n) is 13.1. The van der Waals surface area contributed by atoms with E-state index in [1.54, 1.807) is 29.9 Å². The third kappa shape index (κ3) is 3.16. The van der Waals surface area contributed by atoms with Gasteiger partial charge in [0.05, 0.1) is 11.1 Å². The average molecular weight is 387 g/mol. The summed E-state index contributed by atoms with van der Waals surface area (Å²) in [6.07, 6.45) is 1.76. The van der Waals surface area contributed by atoms with Crippen molar-refractivity contribution in [3.8, 4) is 0 Å². The second kappa shape index (κ2) is 6.45. The number of pyridine rings is 1. The molecule has 6 nitrogen and oxygen atoms in total. The Kier molecular flexibility index (Phi) is 4.35. The lowest BCUT2D eigenvalue weighted by Crippen LogP contribution is -2.42. The number of para-hydroxylation sites is 1. The van der Waals surface area contributed by atoms with Gasteiger partial charge in [0.25, 0.3) is 11.8 Å². The summed E-state index contributed by atoms with van der Waals surface area (Å²) in [6, 6.07) is 10.8. The number of amides is 2. The Balaban J connectivity index is 1.81. The molecule has 7 heteroatoms. The van der Waals surface area contributed by atoms with Crippen molar-refractivity contribution in [1.82, 2.24) is 20.4 Å². The molecule has 0 atom stereocenters. The first-order chi connectivity index (χ1) is 11.5. The number of nitrogens with one attached hydrogen (secondary N) is 2. The number of fused-ring (bicyclic) bond motifs is 1. The topological polar surface area (TPSA) is 76.0 Å². The predicted molar refractivity (Wildman–Crippen MR) is 94.5 cm³/mol. The molecule has 24 heavy (non-hydrogen) atoms. The Morgan fingerprint density at radius 2 is 1.83 bits per heavy atom. The Morgan fingerprint density at radius 3 is 2.54 bits per heavy atom. The lowest BCUT2D eigenvalue weighted by molar-refractivity contribution is 0.0843. The van der Waals surface area contributed by atoms with Gasteiger partial charge in [0.2, 0.25) is 0 Å². The van der Waals surface area contributed by atoms with Gasteiger partial charge in [0.1, 0.15) is 5.69 Å². The number of hydrogen-bond acceptors (Lipinski definition) is 3. The van der Waals surface area contributed by atoms with Crippen LogP contribution in [-0.2, 0) is 7.05 Å². The zero-order chi connectivity index (χ0) is 17.3. The van der Waals surface area contributed by atoms with Gasteiger partial charge in [0, 0.05) is 28.8 Å². The van der Waals surface area contributed by atoms with E-state index in [-0.39, 0.29) is 0 Å². The monoisotopic (exact) mass is 386 g/mol. The Labute approximate surface area is 147 Å². The first-order valence-electron chi connectivity index (χ1n) is 7.24. The predicted octanol–water partition coefficient (Wildman–Crippen LogP) is 2.72. The molecule has 2 aromatic heterocycles. The SMILES string of the molecule is Cc1cc(C(=O)NNC(=O)c2cc(Br)cn2C)c2ccccc2n1. The van der Waals surface area contributed by atoms with E-state index < -0.39 is 11.8 Å². The van der Waals surface area contributed by atoms with E-state index in [4.69, 9.17) is 0 Å². The maximum atomic E-state index is 12.5. The standard InChI is InChI=1S/C17H15BrN4O2/c1-10-7-13(12-5-3-4-6-14(12)19-10)16(23)20-21-17(24)15-8-11(18)9-22(15)2/h3-9H,1-2H3,(H,20,23)(H,21,24). The van der Waals surface area contributed by atoms with Gasteiger partial charge >= 0.3 is 0 Å². The summed E-state index contributed by atoms with van der Waals surface area (Å²) in [4.78, 5) is 29.0. The number of carbonyl (C=O) groups is 2. The van der Waals surface area contributed by atoms with E-state index in [1.165, 1.54) is 0 Å². The molecule has 1 aromatic carbocycles. The summed E-state index contributed by atoms with van der Waals surface area (Å²) in [5, 5.41) is 0.733. The van der Waals surface area contributed by atoms with Crippen molar-refractivity contribution in [3.05, 3.63) is 64.0 Å². The average Bonchev–Trinajstić information content (AvgIpc) is 2.90. The molecular weight excluding hydrogens is 372 g/mol. The number of hydrogen-bond donors (Lipinski definition) is 2. The number of carbonyl (C=O) groups excluding carboxylic acids is 2. The van der Waals surface area contributed by atoms with Crippen molar-refractivity contribution in [1.29, 1.82) is 0 Å². The molecule has 0 radical (unpaired) electrons. The third-order valence-electron chi connectivity index (χ3n) is 3.58. The molecule has 0 unspecified atom stereocenters. The normalized spacial score (nSPS) is 10.6. The highest BCUT2D eigenvalue weighted by atomic mass is 79.9. The van der Waals surface area contributed by atoms with E-state index in [1.807, 2.05) is 31.2 Å². The summed E-state index contributed by atoms with van der Waals surface area (Å²) in [7, 11) is 1.75. The van der Waals surface area contributed by atoms with Crippen LogP contribution in [0.15, 0.2) is 47.1 Å². The van der Waals surface area contributed by atoms with Gasteiger partial charge < -0.3 is 4.57 Å². The molecule has 2 amide bonds. The number of rotatable bonds is 2. The molecule has 2 heterocycles. The van der Waals surface area contributed by atoms with Crippen LogP contribution < -0.4 is 10.9 Å². The van der Waals surface area contributed by atoms with Crippen molar-refractivity contribution < 1.29 is 9.59 Å². The summed E-state index contributed by atoms with van der Waals surface area (Å²) >= 11 is 3.31. The molecule has 0 fully saturated rings. The van der Waals surface area contributed by atoms with E-state index in [0.717, 1.165) is 21.1 Å². The highest BCUT2D eigenvalue weighted by molar-refractivity contribution is 9.10. The molecule has 0 aliphatic heterocycles. The van der Waals surface area contributed by atoms with Crippen molar-refractivity contribution in [2.24, 2.45) is 7.05 Å². The Hall–Kier alpha value is -2.67. The third-order valence-corrected chi connectivity index (χ3v) is 4.02. The first kappa shape index (κ1) is 16.2. The minimum absolute atomic E-state index is 0.390. The van der Waals surface area contributed by atoms with E-state index in [9.17, 15) is 9.59 Å². The number of halogens is 1. The number of hydrazine groups is 1. The van der Waals surface area contributed by atoms with Crippen LogP contribution >= 0.6 is 15.9 Å². The van der Waals surface area contributed by atoms with Crippen LogP contribution in [0, 0.1) is 6.92 Å². The minimum atomic E-state index is -0.397. The second-order valence-electron chi connectivity index (χ2n) is 5.39. The van der Waals surface area contributed by atoms with E-state index in [0.29, 0.717) is 11.3 Å². The molecule has 3 rings (SSSR count). The van der Waals surface area contributed by atoms with Gasteiger partial charge in [-0.15, -0.1) is 0 Å². The van der Waals surface area contributed by atoms with Crippen LogP contribution in [0.5, 0.6) is 0 Å². The largest absolute Gasteiger partial charge is 0.345 e. The summed E-state index contributed by atoms with van der Waals surface area (Å²) in [5.74, 6) is -0.787. The van der Waals surface area contributed by atoms with Gasteiger partial charge in [-0.3, -0.25) is 25.4 Å². The van der Waals surface area contributed by atoms with Crippen molar-refractivity contribution in [3.63, 3.8) is 0 Å². The highest BCUT2D eigenvalue weighted by Gasteiger charge is 2.15. The fourth-order valence-corrected chi connectivity index (χ4v) is 3.01. The van der Waals surface area contributed by atoms with Crippen LogP contribution in [0.3, 0.4) is 0 Å². The maximum Gasteiger partial charge on any atom is 0.286 e. The minimum Gasteiger partial charge on any atom is -0.345 e. The van der Waals surface area contributed by atoms with Gasteiger partial charge in [-0.1, -0.05) is 18.2 Å². The van der Waals surface area contributed by atoms with Crippen LogP contribution in [0.4, 0.5) is 0 Å². The smallest absolute Gasteiger partial charge is 0.286 e. The number of aromatic nitrogens is 2. The molecular formula is C17H15BrN4O2. The fraction of sp³-hybridized carbons (Fsp3) is 0.118. The van der Waals surface area contributed by atoms with Crippen LogP contribution in [-0.4, -0.2) is 21.4 Å². The van der Waals surface area contributed by atoms with Gasteiger partial charge in [0.15, 0.2) is 0 Å². The summed E-state index contributed by atoms with van der Waals surface area (Å²) in [5.41, 5.74) is 7.26. The zero-order valence-corrected chi connectivity index (χ0v) is 14.7. The number of aryl methyl sites for hydroxylation is 2. The Bertz CT molecular complexity index is 949. The van der Waals surface area contributed by atoms with E-state index >= 15 is 0 Å². The summed E-state index contributed by atoms with van der Waals surface area (Å²) in [6.45, 7) is 1.82. The lowest BCUT2D eigenvalue weighted by Gasteiger charge is -2.10. The first-order valence-corrected chi connectivity index (χ1v) is 8.04. The highest BCUT2D eigenvalue weighted by Crippen LogP contribution is 2.18. The molecule has 2 N–H and O–H groups in total. The quantitative estimate of drug-likeness (QED) is 0.664. The van der Waals surface area contributed by atoms with Crippen molar-refractivity contribution >= 4 is 38.6 Å². The van der Waals surface area contributed by atoms with Gasteiger partial charge in [-0.25, -0.2) is 0 Å². The molecule has 0 bridgehead atoms. The Morgan fingerprint density at radius 1 is 1.12 bits per heavy atom. The summed E-state index contributed by atoms with van der Waals surface area (Å²) < 4.78 is 2.45. The molecule has 0 aliphatic carbocycles. The number of nitrogens with zero attached hydrogens (tertiary/aromatic N) is 2. The lowest BCUT2D eigenvalue weighted by atomic mass is 10.1. The molecule has 0 aliphatic rings.